The van der Waals surface area contributed by atoms with Gasteiger partial charge in [0.15, 0.2) is 9.84 Å². The van der Waals surface area contributed by atoms with Crippen molar-refractivity contribution >= 4 is 45.2 Å². The number of hydrazone groups is 1. The quantitative estimate of drug-likeness (QED) is 0.613. The van der Waals surface area contributed by atoms with E-state index in [0.717, 1.165) is 0 Å². The van der Waals surface area contributed by atoms with Gasteiger partial charge in [-0.2, -0.15) is 10.2 Å². The third kappa shape index (κ3) is 4.08. The van der Waals surface area contributed by atoms with Crippen LogP contribution in [0.5, 0.6) is 0 Å². The summed E-state index contributed by atoms with van der Waals surface area (Å²) in [5.41, 5.74) is 4.24. The lowest BCUT2D eigenvalue weighted by atomic mass is 10.1. The summed E-state index contributed by atoms with van der Waals surface area (Å²) in [7, 11) is -3.12. The van der Waals surface area contributed by atoms with E-state index in [1.54, 1.807) is 25.1 Å². The summed E-state index contributed by atoms with van der Waals surface area (Å²) in [5.74, 6) is -1.09. The lowest BCUT2D eigenvalue weighted by Gasteiger charge is -2.04. The maximum atomic E-state index is 12.0. The van der Waals surface area contributed by atoms with Crippen molar-refractivity contribution in [2.24, 2.45) is 11.0 Å². The predicted octanol–water partition coefficient (Wildman–Crippen LogP) is 2.37. The Labute approximate surface area is 160 Å². The van der Waals surface area contributed by atoms with Gasteiger partial charge in [-0.1, -0.05) is 29.3 Å². The van der Waals surface area contributed by atoms with Crippen LogP contribution in [0.2, 0.25) is 10.2 Å². The Morgan fingerprint density at radius 1 is 1.42 bits per heavy atom. The van der Waals surface area contributed by atoms with Gasteiger partial charge in [-0.05, 0) is 31.5 Å². The number of hydrogen-bond donors (Lipinski definition) is 1. The van der Waals surface area contributed by atoms with Crippen LogP contribution in [0.4, 0.5) is 0 Å². The summed E-state index contributed by atoms with van der Waals surface area (Å²) in [5, 5.41) is 9.14. The molecule has 0 bridgehead atoms. The predicted molar refractivity (Wildman–Crippen MR) is 101 cm³/mol. The average molecular weight is 415 g/mol. The molecule has 0 aliphatic carbocycles. The first-order valence-electron chi connectivity index (χ1n) is 7.81. The number of benzene rings is 1. The molecule has 1 aliphatic rings. The van der Waals surface area contributed by atoms with Crippen molar-refractivity contribution in [1.29, 1.82) is 0 Å². The maximum Gasteiger partial charge on any atom is 0.244 e. The maximum absolute atomic E-state index is 12.0. The van der Waals surface area contributed by atoms with Crippen molar-refractivity contribution in [1.82, 2.24) is 15.2 Å². The second kappa shape index (κ2) is 7.38. The smallest absolute Gasteiger partial charge is 0.244 e. The molecule has 0 unspecified atom stereocenters. The molecule has 10 heteroatoms. The van der Waals surface area contributed by atoms with Crippen LogP contribution < -0.4 is 5.43 Å². The van der Waals surface area contributed by atoms with Gasteiger partial charge in [-0.15, -0.1) is 0 Å². The highest BCUT2D eigenvalue weighted by molar-refractivity contribution is 7.91. The molecule has 0 saturated carbocycles. The number of aryl methyl sites for hydroxylation is 1. The number of nitrogens with zero attached hydrogens (tertiary/aromatic N) is 3. The van der Waals surface area contributed by atoms with E-state index in [1.807, 2.05) is 6.07 Å². The molecule has 138 valence electrons. The molecule has 1 aromatic heterocycles. The van der Waals surface area contributed by atoms with E-state index < -0.39 is 21.7 Å². The van der Waals surface area contributed by atoms with Gasteiger partial charge >= 0.3 is 0 Å². The van der Waals surface area contributed by atoms with Crippen LogP contribution in [0.25, 0.3) is 5.69 Å². The fourth-order valence-corrected chi connectivity index (χ4v) is 4.94. The van der Waals surface area contributed by atoms with E-state index in [0.29, 0.717) is 33.5 Å². The van der Waals surface area contributed by atoms with E-state index in [9.17, 15) is 13.2 Å². The zero-order chi connectivity index (χ0) is 18.9. The SMILES string of the molecule is Cc1nn(-c2cccc(Cl)c2)c(Cl)c1/C=N\NC(=O)[C@@H]1CCS(=O)(=O)C1. The van der Waals surface area contributed by atoms with Crippen LogP contribution in [0.1, 0.15) is 17.7 Å². The van der Waals surface area contributed by atoms with Gasteiger partial charge in [0.25, 0.3) is 0 Å². The van der Waals surface area contributed by atoms with E-state index in [2.05, 4.69) is 15.6 Å². The summed E-state index contributed by atoms with van der Waals surface area (Å²) in [6, 6.07) is 7.07. The molecule has 1 saturated heterocycles. The number of nitrogens with one attached hydrogen (secondary N) is 1. The van der Waals surface area contributed by atoms with Crippen molar-refractivity contribution in [2.45, 2.75) is 13.3 Å². The molecule has 0 spiro atoms. The van der Waals surface area contributed by atoms with Gasteiger partial charge in [0.2, 0.25) is 5.91 Å². The molecule has 7 nitrogen and oxygen atoms in total. The minimum atomic E-state index is -3.12. The fraction of sp³-hybridized carbons (Fsp3) is 0.312. The summed E-state index contributed by atoms with van der Waals surface area (Å²) in [6.45, 7) is 1.76. The Morgan fingerprint density at radius 2 is 2.19 bits per heavy atom. The molecular formula is C16H16Cl2N4O3S. The Morgan fingerprint density at radius 3 is 2.85 bits per heavy atom. The van der Waals surface area contributed by atoms with Crippen molar-refractivity contribution < 1.29 is 13.2 Å². The molecule has 1 amide bonds. The third-order valence-corrected chi connectivity index (χ3v) is 6.44. The van der Waals surface area contributed by atoms with E-state index in [-0.39, 0.29) is 11.5 Å². The first kappa shape index (κ1) is 18.9. The second-order valence-electron chi connectivity index (χ2n) is 6.02. The van der Waals surface area contributed by atoms with Crippen LogP contribution in [-0.2, 0) is 14.6 Å². The molecule has 0 radical (unpaired) electrons. The number of hydrogen-bond acceptors (Lipinski definition) is 5. The minimum Gasteiger partial charge on any atom is -0.273 e. The molecule has 2 aromatic rings. The molecule has 1 atom stereocenters. The zero-order valence-corrected chi connectivity index (χ0v) is 16.1. The number of halogens is 2. The molecule has 26 heavy (non-hydrogen) atoms. The van der Waals surface area contributed by atoms with Crippen LogP contribution in [0.3, 0.4) is 0 Å². The number of sulfone groups is 1. The first-order chi connectivity index (χ1) is 12.3. The number of carbonyl (C=O) groups is 1. The highest BCUT2D eigenvalue weighted by Crippen LogP contribution is 2.24. The summed E-state index contributed by atoms with van der Waals surface area (Å²) in [6.07, 6.45) is 1.71. The lowest BCUT2D eigenvalue weighted by molar-refractivity contribution is -0.124. The van der Waals surface area contributed by atoms with Gasteiger partial charge in [0.05, 0.1) is 40.6 Å². The molecule has 2 heterocycles. The number of amides is 1. The Bertz CT molecular complexity index is 985. The second-order valence-corrected chi connectivity index (χ2v) is 9.04. The van der Waals surface area contributed by atoms with Gasteiger partial charge in [-0.25, -0.2) is 18.5 Å². The average Bonchev–Trinajstić information content (AvgIpc) is 3.08. The van der Waals surface area contributed by atoms with Gasteiger partial charge < -0.3 is 0 Å². The van der Waals surface area contributed by atoms with E-state index in [4.69, 9.17) is 23.2 Å². The van der Waals surface area contributed by atoms with Crippen molar-refractivity contribution in [2.75, 3.05) is 11.5 Å². The summed E-state index contributed by atoms with van der Waals surface area (Å²) >= 11 is 12.4. The minimum absolute atomic E-state index is 0.0339. The van der Waals surface area contributed by atoms with Crippen LogP contribution in [-0.4, -0.2) is 41.8 Å². The summed E-state index contributed by atoms with van der Waals surface area (Å²) < 4.78 is 24.4. The van der Waals surface area contributed by atoms with Gasteiger partial charge in [0, 0.05) is 5.02 Å². The molecule has 1 fully saturated rings. The molecule has 3 rings (SSSR count). The molecule has 1 N–H and O–H groups in total. The lowest BCUT2D eigenvalue weighted by Crippen LogP contribution is -2.27. The van der Waals surface area contributed by atoms with Crippen molar-refractivity contribution in [3.8, 4) is 5.69 Å². The third-order valence-electron chi connectivity index (χ3n) is 4.07. The molecular weight excluding hydrogens is 399 g/mol. The number of rotatable bonds is 4. The largest absolute Gasteiger partial charge is 0.273 e. The molecule has 1 aliphatic heterocycles. The topological polar surface area (TPSA) is 93.4 Å². The van der Waals surface area contributed by atoms with Gasteiger partial charge in [-0.3, -0.25) is 4.79 Å². The number of aromatic nitrogens is 2. The monoisotopic (exact) mass is 414 g/mol. The fourth-order valence-electron chi connectivity index (χ4n) is 2.69. The number of carbonyl (C=O) groups excluding carboxylic acids is 1. The first-order valence-corrected chi connectivity index (χ1v) is 10.4. The Hall–Kier alpha value is -1.90. The van der Waals surface area contributed by atoms with Crippen molar-refractivity contribution in [3.63, 3.8) is 0 Å². The Balaban J connectivity index is 1.74. The normalized spacial score (nSPS) is 19.1. The van der Waals surface area contributed by atoms with Crippen molar-refractivity contribution in [3.05, 3.63) is 45.7 Å². The van der Waals surface area contributed by atoms with Gasteiger partial charge in [0.1, 0.15) is 5.15 Å². The standard InChI is InChI=1S/C16H16Cl2N4O3S/c1-10-14(8-19-20-16(23)11-5-6-26(24,25)9-11)15(18)22(21-10)13-4-2-3-12(17)7-13/h2-4,7-8,11H,5-6,9H2,1H3,(H,20,23)/b19-8-/t11-/m1/s1. The zero-order valence-electron chi connectivity index (χ0n) is 13.8. The molecule has 1 aromatic carbocycles. The van der Waals surface area contributed by atoms with Crippen LogP contribution in [0.15, 0.2) is 29.4 Å². The van der Waals surface area contributed by atoms with E-state index in [1.165, 1.54) is 10.9 Å². The van der Waals surface area contributed by atoms with Crippen LogP contribution >= 0.6 is 23.2 Å². The van der Waals surface area contributed by atoms with E-state index >= 15 is 0 Å². The summed E-state index contributed by atoms with van der Waals surface area (Å²) in [4.78, 5) is 12.0. The highest BCUT2D eigenvalue weighted by atomic mass is 35.5. The Kier molecular flexibility index (Phi) is 5.36. The highest BCUT2D eigenvalue weighted by Gasteiger charge is 2.32. The van der Waals surface area contributed by atoms with Crippen LogP contribution in [0, 0.1) is 12.8 Å².